The summed E-state index contributed by atoms with van der Waals surface area (Å²) in [6.45, 7) is 14.3. The van der Waals surface area contributed by atoms with Gasteiger partial charge in [-0.1, -0.05) is 50.1 Å². The van der Waals surface area contributed by atoms with Gasteiger partial charge in [0.2, 0.25) is 0 Å². The number of nitrogen functional groups attached to an aromatic ring is 1. The molecule has 3 aromatic rings. The Bertz CT molecular complexity index is 1270. The number of hydrogen-bond donors (Lipinski definition) is 2. The van der Waals surface area contributed by atoms with Gasteiger partial charge >= 0.3 is 0 Å². The second-order valence-electron chi connectivity index (χ2n) is 11.2. The van der Waals surface area contributed by atoms with E-state index in [2.05, 4.69) is 50.1 Å². The number of nitrogens with two attached hydrogens (primary N) is 1. The third-order valence-corrected chi connectivity index (χ3v) is 8.91. The summed E-state index contributed by atoms with van der Waals surface area (Å²) in [5.74, 6) is 1.46. The monoisotopic (exact) mass is 559 g/mol. The van der Waals surface area contributed by atoms with Crippen LogP contribution in [0.25, 0.3) is 16.5 Å². The number of nitrogens with one attached hydrogen (secondary N) is 1. The summed E-state index contributed by atoms with van der Waals surface area (Å²) in [6.07, 6.45) is 7.43. The van der Waals surface area contributed by atoms with Crippen LogP contribution in [0.1, 0.15) is 67.9 Å². The molecule has 5 nitrogen and oxygen atoms in total. The van der Waals surface area contributed by atoms with Crippen LogP contribution in [0.4, 0.5) is 11.4 Å². The average Bonchev–Trinajstić information content (AvgIpc) is 3.69. The fourth-order valence-electron chi connectivity index (χ4n) is 4.73. The number of aryl methyl sites for hydroxylation is 1. The van der Waals surface area contributed by atoms with Gasteiger partial charge in [-0.15, -0.1) is 11.3 Å². The summed E-state index contributed by atoms with van der Waals surface area (Å²) in [7, 11) is 0. The molecule has 2 heterocycles. The standard InChI is InChI=1S/C24H24N2OS.C10H21NO/c1-15-5-6-19(13-20(15)12-16(2)17-7-8-17)24(27)26-22-14-18(9-10-21(22)25)23-4-3-11-28-23;1-3-10(2)4-5-11-6-8-12-9-7-11/h3-6,9-14,17H,7-8,25H2,1-2H3,(H,26,27);10H,3-9H2,1-2H3/b16-12+;. The first-order chi connectivity index (χ1) is 19.3. The van der Waals surface area contributed by atoms with Gasteiger partial charge in [0, 0.05) is 23.5 Å². The van der Waals surface area contributed by atoms with Crippen LogP contribution >= 0.6 is 11.3 Å². The number of morpholine rings is 1. The normalized spacial score (nSPS) is 16.6. The zero-order chi connectivity index (χ0) is 28.5. The molecule has 1 amide bonds. The van der Waals surface area contributed by atoms with Gasteiger partial charge in [0.05, 0.1) is 24.6 Å². The number of ether oxygens (including phenoxy) is 1. The molecule has 1 aliphatic heterocycles. The quantitative estimate of drug-likeness (QED) is 0.260. The Morgan fingerprint density at radius 1 is 1.18 bits per heavy atom. The minimum atomic E-state index is -0.145. The van der Waals surface area contributed by atoms with Crippen LogP contribution in [-0.2, 0) is 4.74 Å². The van der Waals surface area contributed by atoms with Crippen LogP contribution in [0, 0.1) is 18.8 Å². The lowest BCUT2D eigenvalue weighted by Gasteiger charge is -2.27. The highest BCUT2D eigenvalue weighted by molar-refractivity contribution is 7.13. The van der Waals surface area contributed by atoms with E-state index in [0.29, 0.717) is 16.9 Å². The van der Waals surface area contributed by atoms with Crippen molar-refractivity contribution in [1.29, 1.82) is 0 Å². The number of amides is 1. The van der Waals surface area contributed by atoms with Crippen molar-refractivity contribution in [2.75, 3.05) is 43.9 Å². The molecule has 40 heavy (non-hydrogen) atoms. The molecule has 2 fully saturated rings. The van der Waals surface area contributed by atoms with Gasteiger partial charge in [-0.25, -0.2) is 0 Å². The second kappa shape index (κ2) is 14.6. The van der Waals surface area contributed by atoms with Crippen molar-refractivity contribution in [3.8, 4) is 10.4 Å². The number of benzene rings is 2. The topological polar surface area (TPSA) is 67.6 Å². The molecule has 1 saturated carbocycles. The Balaban J connectivity index is 0.000000259. The molecule has 1 aliphatic carbocycles. The Labute approximate surface area is 244 Å². The fourth-order valence-corrected chi connectivity index (χ4v) is 5.45. The minimum Gasteiger partial charge on any atom is -0.397 e. The van der Waals surface area contributed by atoms with Gasteiger partial charge < -0.3 is 15.8 Å². The predicted octanol–water partition coefficient (Wildman–Crippen LogP) is 8.13. The van der Waals surface area contributed by atoms with Crippen LogP contribution in [0.5, 0.6) is 0 Å². The maximum absolute atomic E-state index is 12.9. The van der Waals surface area contributed by atoms with Crippen molar-refractivity contribution in [3.05, 3.63) is 76.2 Å². The molecule has 1 atom stereocenters. The van der Waals surface area contributed by atoms with Gasteiger partial charge in [0.1, 0.15) is 0 Å². The van der Waals surface area contributed by atoms with Crippen molar-refractivity contribution in [3.63, 3.8) is 0 Å². The van der Waals surface area contributed by atoms with E-state index in [-0.39, 0.29) is 5.91 Å². The molecule has 0 bridgehead atoms. The summed E-state index contributed by atoms with van der Waals surface area (Å²) in [6, 6.07) is 15.7. The molecule has 1 unspecified atom stereocenters. The lowest BCUT2D eigenvalue weighted by Crippen LogP contribution is -2.37. The first-order valence-electron chi connectivity index (χ1n) is 14.7. The molecule has 6 heteroatoms. The highest BCUT2D eigenvalue weighted by Gasteiger charge is 2.23. The van der Waals surface area contributed by atoms with E-state index in [1.54, 1.807) is 11.3 Å². The number of carbonyl (C=O) groups is 1. The summed E-state index contributed by atoms with van der Waals surface area (Å²) >= 11 is 1.66. The van der Waals surface area contributed by atoms with Crippen LogP contribution in [-0.4, -0.2) is 43.7 Å². The second-order valence-corrected chi connectivity index (χ2v) is 12.2. The molecule has 1 saturated heterocycles. The molecular formula is C34H45N3O2S. The number of thiophene rings is 1. The number of hydrogen-bond acceptors (Lipinski definition) is 5. The number of allylic oxidation sites excluding steroid dienone is 1. The Morgan fingerprint density at radius 2 is 1.95 bits per heavy atom. The largest absolute Gasteiger partial charge is 0.397 e. The van der Waals surface area contributed by atoms with Gasteiger partial charge in [-0.3, -0.25) is 9.69 Å². The maximum Gasteiger partial charge on any atom is 0.255 e. The van der Waals surface area contributed by atoms with E-state index in [1.807, 2.05) is 47.8 Å². The van der Waals surface area contributed by atoms with Crippen LogP contribution in [0.3, 0.4) is 0 Å². The molecule has 2 aromatic carbocycles. The Hall–Kier alpha value is -2.93. The van der Waals surface area contributed by atoms with Crippen molar-refractivity contribution in [2.24, 2.45) is 11.8 Å². The molecular weight excluding hydrogens is 514 g/mol. The number of rotatable bonds is 9. The van der Waals surface area contributed by atoms with Crippen molar-refractivity contribution in [1.82, 2.24) is 4.90 Å². The van der Waals surface area contributed by atoms with Crippen LogP contribution in [0.2, 0.25) is 0 Å². The predicted molar refractivity (Wildman–Crippen MR) is 171 cm³/mol. The fraction of sp³-hybridized carbons (Fsp3) is 0.441. The lowest BCUT2D eigenvalue weighted by molar-refractivity contribution is 0.0356. The van der Waals surface area contributed by atoms with Crippen molar-refractivity contribution in [2.45, 2.75) is 53.4 Å². The molecule has 0 radical (unpaired) electrons. The summed E-state index contributed by atoms with van der Waals surface area (Å²) < 4.78 is 5.29. The van der Waals surface area contributed by atoms with E-state index in [4.69, 9.17) is 10.5 Å². The highest BCUT2D eigenvalue weighted by Crippen LogP contribution is 2.37. The third kappa shape index (κ3) is 8.79. The van der Waals surface area contributed by atoms with Crippen molar-refractivity contribution < 1.29 is 9.53 Å². The van der Waals surface area contributed by atoms with Gasteiger partial charge in [-0.2, -0.15) is 0 Å². The first-order valence-corrected chi connectivity index (χ1v) is 15.6. The maximum atomic E-state index is 12.9. The van der Waals surface area contributed by atoms with Crippen LogP contribution in [0.15, 0.2) is 59.5 Å². The van der Waals surface area contributed by atoms with Gasteiger partial charge in [-0.05, 0) is 104 Å². The van der Waals surface area contributed by atoms with Gasteiger partial charge in [0.25, 0.3) is 5.91 Å². The van der Waals surface area contributed by atoms with E-state index >= 15 is 0 Å². The SMILES string of the molecule is C/C(=C\c1cc(C(=O)Nc2cc(-c3cccs3)ccc2N)ccc1C)C1CC1.CCC(C)CCN1CCOCC1. The summed E-state index contributed by atoms with van der Waals surface area (Å²) in [5, 5.41) is 5.02. The van der Waals surface area contributed by atoms with Crippen molar-refractivity contribution >= 4 is 34.7 Å². The summed E-state index contributed by atoms with van der Waals surface area (Å²) in [4.78, 5) is 16.5. The zero-order valence-corrected chi connectivity index (χ0v) is 25.4. The molecule has 2 aliphatic rings. The average molecular weight is 560 g/mol. The van der Waals surface area contributed by atoms with Crippen LogP contribution < -0.4 is 11.1 Å². The smallest absolute Gasteiger partial charge is 0.255 e. The van der Waals surface area contributed by atoms with E-state index < -0.39 is 0 Å². The zero-order valence-electron chi connectivity index (χ0n) is 24.5. The van der Waals surface area contributed by atoms with E-state index in [0.717, 1.165) is 54.1 Å². The Morgan fingerprint density at radius 3 is 2.62 bits per heavy atom. The molecule has 0 spiro atoms. The molecule has 214 valence electrons. The number of nitrogens with zero attached hydrogens (tertiary/aromatic N) is 1. The number of carbonyl (C=O) groups excluding carboxylic acids is 1. The molecule has 5 rings (SSSR count). The minimum absolute atomic E-state index is 0.145. The number of anilines is 2. The third-order valence-electron chi connectivity index (χ3n) is 7.99. The highest BCUT2D eigenvalue weighted by atomic mass is 32.1. The Kier molecular flexibility index (Phi) is 11.0. The molecule has 1 aromatic heterocycles. The van der Waals surface area contributed by atoms with E-state index in [1.165, 1.54) is 43.4 Å². The van der Waals surface area contributed by atoms with E-state index in [9.17, 15) is 4.79 Å². The molecule has 3 N–H and O–H groups in total. The first kappa shape index (κ1) is 30.0. The summed E-state index contributed by atoms with van der Waals surface area (Å²) in [5.41, 5.74) is 12.7. The van der Waals surface area contributed by atoms with Gasteiger partial charge in [0.15, 0.2) is 0 Å². The lowest BCUT2D eigenvalue weighted by atomic mass is 10.0.